The molecular weight excluding hydrogens is 368 g/mol. The number of aliphatic hydroxyl groups is 1. The summed E-state index contributed by atoms with van der Waals surface area (Å²) in [6.45, 7) is 14.6. The van der Waals surface area contributed by atoms with Crippen LogP contribution in [-0.4, -0.2) is 17.0 Å². The van der Waals surface area contributed by atoms with Gasteiger partial charge in [0, 0.05) is 5.92 Å². The van der Waals surface area contributed by atoms with Crippen molar-refractivity contribution in [2.45, 2.75) is 105 Å². The molecule has 2 heteroatoms. The first-order valence-corrected chi connectivity index (χ1v) is 13.0. The molecule has 0 unspecified atom stereocenters. The number of aliphatic hydroxyl groups excluding tert-OH is 1. The van der Waals surface area contributed by atoms with E-state index in [4.69, 9.17) is 0 Å². The van der Waals surface area contributed by atoms with Gasteiger partial charge in [-0.25, -0.2) is 0 Å². The first-order valence-electron chi connectivity index (χ1n) is 13.0. The van der Waals surface area contributed by atoms with Crippen LogP contribution in [-0.2, 0) is 4.79 Å². The minimum Gasteiger partial charge on any atom is -0.393 e. The molecule has 4 aliphatic rings. The van der Waals surface area contributed by atoms with Crippen LogP contribution in [0.1, 0.15) is 99.3 Å². The van der Waals surface area contributed by atoms with E-state index in [0.29, 0.717) is 23.0 Å². The fourth-order valence-corrected chi connectivity index (χ4v) is 8.42. The Hall–Kier alpha value is -0.630. The highest BCUT2D eigenvalue weighted by Crippen LogP contribution is 2.66. The lowest BCUT2D eigenvalue weighted by Crippen LogP contribution is -2.53. The van der Waals surface area contributed by atoms with E-state index in [1.165, 1.54) is 44.1 Å². The fourth-order valence-electron chi connectivity index (χ4n) is 8.42. The zero-order valence-corrected chi connectivity index (χ0v) is 20.4. The average Bonchev–Trinajstić information content (AvgIpc) is 3.04. The van der Waals surface area contributed by atoms with Gasteiger partial charge in [0.15, 0.2) is 5.78 Å². The minimum atomic E-state index is -0.243. The van der Waals surface area contributed by atoms with Crippen LogP contribution in [0.4, 0.5) is 0 Å². The van der Waals surface area contributed by atoms with Gasteiger partial charge >= 0.3 is 0 Å². The normalized spacial score (nSPS) is 45.4. The van der Waals surface area contributed by atoms with Gasteiger partial charge < -0.3 is 5.11 Å². The van der Waals surface area contributed by atoms with E-state index in [-0.39, 0.29) is 17.4 Å². The molecule has 0 saturated heterocycles. The molecule has 4 aliphatic carbocycles. The molecule has 170 valence electrons. The molecule has 0 spiro atoms. The van der Waals surface area contributed by atoms with Gasteiger partial charge in [-0.2, -0.15) is 0 Å². The summed E-state index contributed by atoms with van der Waals surface area (Å²) in [5, 5.41) is 10.2. The number of rotatable bonds is 5. The van der Waals surface area contributed by atoms with Gasteiger partial charge in [-0.3, -0.25) is 4.79 Å². The second-order valence-electron chi connectivity index (χ2n) is 12.6. The topological polar surface area (TPSA) is 37.3 Å². The Kier molecular flexibility index (Phi) is 6.06. The average molecular weight is 415 g/mol. The van der Waals surface area contributed by atoms with Crippen molar-refractivity contribution in [3.8, 4) is 0 Å². The maximum absolute atomic E-state index is 13.4. The molecular formula is C28H46O2. The largest absolute Gasteiger partial charge is 0.393 e. The van der Waals surface area contributed by atoms with Gasteiger partial charge in [0.1, 0.15) is 0 Å². The molecule has 4 rings (SSSR count). The number of allylic oxidation sites excluding steroid dienone is 1. The SMILES string of the molecule is CC(C)[C@H](C)CC[C@@H](C)[C@H]1CC[C@H]2[C@@H]3C(=O)C=C4C[C@@H](O)CC[C@]4(C)[C@H]3CC[C@]12C. The van der Waals surface area contributed by atoms with E-state index in [0.717, 1.165) is 42.9 Å². The second-order valence-corrected chi connectivity index (χ2v) is 12.6. The van der Waals surface area contributed by atoms with Crippen molar-refractivity contribution < 1.29 is 9.90 Å². The maximum Gasteiger partial charge on any atom is 0.159 e. The number of ketones is 1. The smallest absolute Gasteiger partial charge is 0.159 e. The van der Waals surface area contributed by atoms with E-state index in [1.807, 2.05) is 6.08 Å². The van der Waals surface area contributed by atoms with Crippen LogP contribution in [0.2, 0.25) is 0 Å². The van der Waals surface area contributed by atoms with Gasteiger partial charge in [0.2, 0.25) is 0 Å². The first-order chi connectivity index (χ1) is 14.1. The molecule has 0 aromatic rings. The lowest BCUT2D eigenvalue weighted by molar-refractivity contribution is -0.135. The third-order valence-corrected chi connectivity index (χ3v) is 10.9. The van der Waals surface area contributed by atoms with Crippen LogP contribution in [0.25, 0.3) is 0 Å². The lowest BCUT2D eigenvalue weighted by Gasteiger charge is -2.57. The standard InChI is InChI=1S/C28H46O2/c1-17(2)18(3)7-8-19(4)22-9-10-23-26-24(12-14-28(22,23)6)27(5)13-11-21(29)15-20(27)16-25(26)30/h16-19,21-24,26,29H,7-15H2,1-6H3/t18-,19-,21+,22-,23+,24+,26+,27+,28-/m1/s1. The predicted molar refractivity (Wildman–Crippen MR) is 124 cm³/mol. The van der Waals surface area contributed by atoms with Crippen molar-refractivity contribution in [1.29, 1.82) is 0 Å². The Bertz CT molecular complexity index is 693. The van der Waals surface area contributed by atoms with Crippen molar-refractivity contribution in [3.63, 3.8) is 0 Å². The van der Waals surface area contributed by atoms with Crippen molar-refractivity contribution in [1.82, 2.24) is 0 Å². The van der Waals surface area contributed by atoms with Crippen LogP contribution < -0.4 is 0 Å². The number of carbonyl (C=O) groups excluding carboxylic acids is 1. The quantitative estimate of drug-likeness (QED) is 0.536. The molecule has 0 amide bonds. The summed E-state index contributed by atoms with van der Waals surface area (Å²) < 4.78 is 0. The van der Waals surface area contributed by atoms with Crippen molar-refractivity contribution in [2.24, 2.45) is 52.3 Å². The predicted octanol–water partition coefficient (Wildman–Crippen LogP) is 6.81. The zero-order valence-electron chi connectivity index (χ0n) is 20.4. The molecule has 9 atom stereocenters. The van der Waals surface area contributed by atoms with E-state index in [1.54, 1.807) is 0 Å². The second kappa shape index (κ2) is 8.05. The monoisotopic (exact) mass is 414 g/mol. The fraction of sp³-hybridized carbons (Fsp3) is 0.893. The Labute approximate surface area is 185 Å². The molecule has 0 aliphatic heterocycles. The highest BCUT2D eigenvalue weighted by molar-refractivity contribution is 5.94. The van der Waals surface area contributed by atoms with E-state index in [2.05, 4.69) is 41.5 Å². The molecule has 3 saturated carbocycles. The van der Waals surface area contributed by atoms with Gasteiger partial charge in [-0.15, -0.1) is 0 Å². The maximum atomic E-state index is 13.4. The molecule has 0 radical (unpaired) electrons. The molecule has 1 N–H and O–H groups in total. The molecule has 2 nitrogen and oxygen atoms in total. The third kappa shape index (κ3) is 3.54. The summed E-state index contributed by atoms with van der Waals surface area (Å²) in [4.78, 5) is 13.4. The van der Waals surface area contributed by atoms with Crippen LogP contribution in [0.3, 0.4) is 0 Å². The van der Waals surface area contributed by atoms with Crippen molar-refractivity contribution in [2.75, 3.05) is 0 Å². The number of hydrogen-bond donors (Lipinski definition) is 1. The van der Waals surface area contributed by atoms with Gasteiger partial charge in [0.25, 0.3) is 0 Å². The number of hydrogen-bond acceptors (Lipinski definition) is 2. The number of carbonyl (C=O) groups is 1. The zero-order chi connectivity index (χ0) is 21.8. The Balaban J connectivity index is 1.54. The highest BCUT2D eigenvalue weighted by atomic mass is 16.3. The highest BCUT2D eigenvalue weighted by Gasteiger charge is 2.61. The molecule has 0 aromatic heterocycles. The summed E-state index contributed by atoms with van der Waals surface area (Å²) in [7, 11) is 0. The summed E-state index contributed by atoms with van der Waals surface area (Å²) in [6, 6.07) is 0. The Morgan fingerprint density at radius 3 is 2.43 bits per heavy atom. The molecule has 0 bridgehead atoms. The third-order valence-electron chi connectivity index (χ3n) is 10.9. The lowest BCUT2D eigenvalue weighted by atomic mass is 9.46. The first kappa shape index (κ1) is 22.6. The Morgan fingerprint density at radius 1 is 1.00 bits per heavy atom. The summed E-state index contributed by atoms with van der Waals surface area (Å²) >= 11 is 0. The van der Waals surface area contributed by atoms with Gasteiger partial charge in [0.05, 0.1) is 6.10 Å². The van der Waals surface area contributed by atoms with Gasteiger partial charge in [-0.1, -0.05) is 60.0 Å². The molecule has 0 aromatic carbocycles. The minimum absolute atomic E-state index is 0.148. The Morgan fingerprint density at radius 2 is 1.73 bits per heavy atom. The summed E-state index contributed by atoms with van der Waals surface area (Å²) in [6.07, 6.45) is 12.2. The van der Waals surface area contributed by atoms with E-state index in [9.17, 15) is 9.90 Å². The molecule has 30 heavy (non-hydrogen) atoms. The van der Waals surface area contributed by atoms with E-state index < -0.39 is 0 Å². The number of fused-ring (bicyclic) bond motifs is 5. The van der Waals surface area contributed by atoms with Crippen LogP contribution in [0, 0.1) is 52.3 Å². The molecule has 3 fully saturated rings. The summed E-state index contributed by atoms with van der Waals surface area (Å²) in [5.41, 5.74) is 1.75. The van der Waals surface area contributed by atoms with Crippen molar-refractivity contribution >= 4 is 5.78 Å². The van der Waals surface area contributed by atoms with Crippen LogP contribution >= 0.6 is 0 Å². The van der Waals surface area contributed by atoms with Crippen LogP contribution in [0.5, 0.6) is 0 Å². The van der Waals surface area contributed by atoms with Gasteiger partial charge in [-0.05, 0) is 97.4 Å². The van der Waals surface area contributed by atoms with E-state index >= 15 is 0 Å². The van der Waals surface area contributed by atoms with Crippen LogP contribution in [0.15, 0.2) is 11.6 Å². The summed E-state index contributed by atoms with van der Waals surface area (Å²) in [5.74, 6) is 4.84. The molecule has 0 heterocycles. The van der Waals surface area contributed by atoms with Crippen molar-refractivity contribution in [3.05, 3.63) is 11.6 Å².